The number of aromatic amines is 1. The highest BCUT2D eigenvalue weighted by Gasteiger charge is 2.11. The Balaban J connectivity index is 1.87. The van der Waals surface area contributed by atoms with Crippen LogP contribution in [0.1, 0.15) is 17.0 Å². The monoisotopic (exact) mass is 367 g/mol. The number of aromatic nitrogens is 4. The first kappa shape index (κ1) is 17.9. The van der Waals surface area contributed by atoms with Crippen molar-refractivity contribution in [3.05, 3.63) is 59.4 Å². The number of phenols is 1. The lowest BCUT2D eigenvalue weighted by Crippen LogP contribution is -2.13. The molecule has 0 spiro atoms. The van der Waals surface area contributed by atoms with E-state index in [1.165, 1.54) is 13.2 Å². The topological polar surface area (TPSA) is 136 Å². The molecule has 9 heteroatoms. The van der Waals surface area contributed by atoms with Crippen molar-refractivity contribution in [2.45, 2.75) is 6.61 Å². The molecule has 1 heterocycles. The van der Waals surface area contributed by atoms with Gasteiger partial charge in [0.1, 0.15) is 5.75 Å². The molecule has 3 rings (SSSR count). The van der Waals surface area contributed by atoms with Gasteiger partial charge in [-0.15, -0.1) is 10.2 Å². The van der Waals surface area contributed by atoms with Crippen LogP contribution >= 0.6 is 0 Å². The third kappa shape index (κ3) is 4.40. The van der Waals surface area contributed by atoms with E-state index in [2.05, 4.69) is 20.6 Å². The minimum absolute atomic E-state index is 0.0349. The number of phenolic OH excluding ortho intramolecular Hbond substituents is 1. The minimum atomic E-state index is -0.611. The number of amides is 1. The lowest BCUT2D eigenvalue weighted by Gasteiger charge is -2.09. The van der Waals surface area contributed by atoms with Crippen LogP contribution in [0, 0.1) is 0 Å². The Morgan fingerprint density at radius 1 is 1.30 bits per heavy atom. The van der Waals surface area contributed by atoms with Crippen LogP contribution in [0.15, 0.2) is 42.5 Å². The Bertz CT molecular complexity index is 970. The SMILES string of the molecule is COc1ccc(/C=C(/C(N)=O)c2cccc(OCc3nn[nH]n3)c2)cc1O. The summed E-state index contributed by atoms with van der Waals surface area (Å²) in [6, 6.07) is 11.7. The van der Waals surface area contributed by atoms with Gasteiger partial charge < -0.3 is 20.3 Å². The number of ether oxygens (including phenoxy) is 2. The van der Waals surface area contributed by atoms with Crippen molar-refractivity contribution in [3.63, 3.8) is 0 Å². The Kier molecular flexibility index (Phi) is 5.31. The maximum absolute atomic E-state index is 12.0. The molecule has 0 unspecified atom stereocenters. The summed E-state index contributed by atoms with van der Waals surface area (Å²) >= 11 is 0. The molecule has 27 heavy (non-hydrogen) atoms. The smallest absolute Gasteiger partial charge is 0.249 e. The number of benzene rings is 2. The summed E-state index contributed by atoms with van der Waals surface area (Å²) in [5.41, 5.74) is 6.98. The number of nitrogens with two attached hydrogens (primary N) is 1. The summed E-state index contributed by atoms with van der Waals surface area (Å²) < 4.78 is 10.6. The number of primary amides is 1. The first-order valence-corrected chi connectivity index (χ1v) is 7.91. The van der Waals surface area contributed by atoms with Crippen LogP contribution in [0.25, 0.3) is 11.6 Å². The van der Waals surface area contributed by atoms with Gasteiger partial charge in [0.05, 0.1) is 7.11 Å². The minimum Gasteiger partial charge on any atom is -0.504 e. The van der Waals surface area contributed by atoms with Crippen LogP contribution in [0.5, 0.6) is 17.2 Å². The number of hydrogen-bond acceptors (Lipinski definition) is 7. The van der Waals surface area contributed by atoms with Gasteiger partial charge in [-0.3, -0.25) is 4.79 Å². The number of aromatic hydroxyl groups is 1. The van der Waals surface area contributed by atoms with Crippen molar-refractivity contribution >= 4 is 17.6 Å². The molecule has 0 fully saturated rings. The number of hydrogen-bond donors (Lipinski definition) is 3. The summed E-state index contributed by atoms with van der Waals surface area (Å²) in [6.45, 7) is 0.127. The number of nitrogens with one attached hydrogen (secondary N) is 1. The number of methoxy groups -OCH3 is 1. The number of rotatable bonds is 7. The predicted molar refractivity (Wildman–Crippen MR) is 96.7 cm³/mol. The van der Waals surface area contributed by atoms with E-state index in [0.29, 0.717) is 28.5 Å². The van der Waals surface area contributed by atoms with Gasteiger partial charge in [-0.05, 0) is 41.5 Å². The van der Waals surface area contributed by atoms with Crippen LogP contribution < -0.4 is 15.2 Å². The van der Waals surface area contributed by atoms with Crippen LogP contribution in [0.3, 0.4) is 0 Å². The van der Waals surface area contributed by atoms with Gasteiger partial charge in [-0.1, -0.05) is 23.4 Å². The Morgan fingerprint density at radius 2 is 2.15 bits per heavy atom. The largest absolute Gasteiger partial charge is 0.504 e. The first-order chi connectivity index (χ1) is 13.1. The number of carbonyl (C=O) groups excluding carboxylic acids is 1. The van der Waals surface area contributed by atoms with E-state index in [0.717, 1.165) is 0 Å². The van der Waals surface area contributed by atoms with Crippen LogP contribution in [-0.2, 0) is 11.4 Å². The van der Waals surface area contributed by atoms with E-state index in [9.17, 15) is 9.90 Å². The summed E-state index contributed by atoms with van der Waals surface area (Å²) in [4.78, 5) is 12.0. The fourth-order valence-electron chi connectivity index (χ4n) is 2.41. The van der Waals surface area contributed by atoms with Crippen molar-refractivity contribution in [1.29, 1.82) is 0 Å². The van der Waals surface area contributed by atoms with Gasteiger partial charge in [-0.25, -0.2) is 0 Å². The molecule has 0 aliphatic heterocycles. The van der Waals surface area contributed by atoms with Gasteiger partial charge in [0, 0.05) is 5.57 Å². The van der Waals surface area contributed by atoms with Crippen LogP contribution in [0.4, 0.5) is 0 Å². The quantitative estimate of drug-likeness (QED) is 0.425. The zero-order valence-corrected chi connectivity index (χ0v) is 14.4. The standard InChI is InChI=1S/C18H17N5O4/c1-26-16-6-5-11(8-15(16)24)7-14(18(19)25)12-3-2-4-13(9-12)27-10-17-20-22-23-21-17/h2-9,24H,10H2,1H3,(H2,19,25)(H,20,21,22,23)/b14-7+. The van der Waals surface area contributed by atoms with Crippen molar-refractivity contribution in [1.82, 2.24) is 20.6 Å². The Labute approximate surface area is 154 Å². The molecule has 0 bridgehead atoms. The normalized spacial score (nSPS) is 11.2. The molecule has 0 atom stereocenters. The molecule has 1 amide bonds. The van der Waals surface area contributed by atoms with E-state index < -0.39 is 5.91 Å². The Morgan fingerprint density at radius 3 is 2.81 bits per heavy atom. The molecule has 138 valence electrons. The zero-order valence-electron chi connectivity index (χ0n) is 14.4. The molecule has 0 aliphatic rings. The van der Waals surface area contributed by atoms with Gasteiger partial charge in [-0.2, -0.15) is 5.21 Å². The maximum Gasteiger partial charge on any atom is 0.249 e. The van der Waals surface area contributed by atoms with E-state index in [1.54, 1.807) is 42.5 Å². The summed E-state index contributed by atoms with van der Waals surface area (Å²) in [7, 11) is 1.46. The number of H-pyrrole nitrogens is 1. The molecule has 0 radical (unpaired) electrons. The van der Waals surface area contributed by atoms with Gasteiger partial charge in [0.2, 0.25) is 11.7 Å². The lowest BCUT2D eigenvalue weighted by atomic mass is 10.0. The molecule has 3 aromatic rings. The van der Waals surface area contributed by atoms with Crippen LogP contribution in [0.2, 0.25) is 0 Å². The van der Waals surface area contributed by atoms with Gasteiger partial charge in [0.15, 0.2) is 18.1 Å². The molecule has 0 saturated heterocycles. The Hall–Kier alpha value is -3.88. The number of tetrazole rings is 1. The van der Waals surface area contributed by atoms with E-state index >= 15 is 0 Å². The highest BCUT2D eigenvalue weighted by molar-refractivity contribution is 6.23. The molecule has 2 aromatic carbocycles. The summed E-state index contributed by atoms with van der Waals surface area (Å²) in [5, 5.41) is 23.3. The predicted octanol–water partition coefficient (Wildman–Crippen LogP) is 1.52. The average Bonchev–Trinajstić information content (AvgIpc) is 3.18. The van der Waals surface area contributed by atoms with Crippen LogP contribution in [-0.4, -0.2) is 38.7 Å². The molecular weight excluding hydrogens is 350 g/mol. The van der Waals surface area contributed by atoms with E-state index in [1.807, 2.05) is 0 Å². The number of nitrogens with zero attached hydrogens (tertiary/aromatic N) is 3. The zero-order chi connectivity index (χ0) is 19.2. The average molecular weight is 367 g/mol. The van der Waals surface area contributed by atoms with Crippen molar-refractivity contribution in [2.75, 3.05) is 7.11 Å². The second-order valence-electron chi connectivity index (χ2n) is 5.50. The number of carbonyl (C=O) groups is 1. The lowest BCUT2D eigenvalue weighted by molar-refractivity contribution is -0.112. The maximum atomic E-state index is 12.0. The molecular formula is C18H17N5O4. The molecule has 4 N–H and O–H groups in total. The fourth-order valence-corrected chi connectivity index (χ4v) is 2.41. The van der Waals surface area contributed by atoms with Gasteiger partial charge >= 0.3 is 0 Å². The van der Waals surface area contributed by atoms with Gasteiger partial charge in [0.25, 0.3) is 0 Å². The van der Waals surface area contributed by atoms with E-state index in [4.69, 9.17) is 15.2 Å². The van der Waals surface area contributed by atoms with Crippen molar-refractivity contribution in [3.8, 4) is 17.2 Å². The molecule has 1 aromatic heterocycles. The fraction of sp³-hybridized carbons (Fsp3) is 0.111. The second kappa shape index (κ2) is 8.00. The summed E-state index contributed by atoms with van der Waals surface area (Å²) in [6.07, 6.45) is 1.58. The molecule has 0 saturated carbocycles. The van der Waals surface area contributed by atoms with Crippen molar-refractivity contribution in [2.24, 2.45) is 5.73 Å². The third-order valence-electron chi connectivity index (χ3n) is 3.68. The highest BCUT2D eigenvalue weighted by Crippen LogP contribution is 2.29. The van der Waals surface area contributed by atoms with E-state index in [-0.39, 0.29) is 17.9 Å². The van der Waals surface area contributed by atoms with Crippen molar-refractivity contribution < 1.29 is 19.4 Å². The first-order valence-electron chi connectivity index (χ1n) is 7.91. The third-order valence-corrected chi connectivity index (χ3v) is 3.68. The molecule has 0 aliphatic carbocycles. The highest BCUT2D eigenvalue weighted by atomic mass is 16.5. The second-order valence-corrected chi connectivity index (χ2v) is 5.50. The summed E-state index contributed by atoms with van der Waals surface area (Å²) in [5.74, 6) is 0.610. The molecule has 9 nitrogen and oxygen atoms in total.